The number of hydrogen-bond acceptors (Lipinski definition) is 3. The molecule has 2 aromatic rings. The van der Waals surface area contributed by atoms with Crippen molar-refractivity contribution in [2.45, 2.75) is 24.8 Å². The molecule has 0 unspecified atom stereocenters. The molecular weight excluding hydrogens is 284 g/mol. The largest absolute Gasteiger partial charge is 0.236 e. The summed E-state index contributed by atoms with van der Waals surface area (Å²) in [5, 5.41) is 2.22. The average molecular weight is 297 g/mol. The average Bonchev–Trinajstić information content (AvgIpc) is 2.30. The molecule has 0 aliphatic carbocycles. The number of fused-ring (bicyclic) bond motifs is 1. The molecule has 84 valence electrons. The maximum absolute atomic E-state index is 4.35. The van der Waals surface area contributed by atoms with Crippen molar-refractivity contribution in [3.63, 3.8) is 0 Å². The molecule has 2 rings (SSSR count). The second-order valence-corrected chi connectivity index (χ2v) is 5.54. The van der Waals surface area contributed by atoms with E-state index >= 15 is 0 Å². The molecule has 0 aliphatic rings. The molecule has 1 aromatic heterocycles. The number of thioether (sulfide) groups is 1. The van der Waals surface area contributed by atoms with E-state index in [9.17, 15) is 0 Å². The van der Waals surface area contributed by atoms with Gasteiger partial charge < -0.3 is 0 Å². The van der Waals surface area contributed by atoms with Crippen LogP contribution in [-0.4, -0.2) is 15.7 Å². The predicted molar refractivity (Wildman–Crippen MR) is 72.9 cm³/mol. The van der Waals surface area contributed by atoms with Crippen LogP contribution >= 0.6 is 27.7 Å². The Hall–Kier alpha value is -0.610. The van der Waals surface area contributed by atoms with Crippen molar-refractivity contribution in [1.82, 2.24) is 9.97 Å². The van der Waals surface area contributed by atoms with E-state index < -0.39 is 0 Å². The third kappa shape index (κ3) is 2.74. The van der Waals surface area contributed by atoms with Gasteiger partial charge in [-0.05, 0) is 30.4 Å². The zero-order chi connectivity index (χ0) is 11.4. The zero-order valence-corrected chi connectivity index (χ0v) is 11.5. The summed E-state index contributed by atoms with van der Waals surface area (Å²) in [7, 11) is 0. The van der Waals surface area contributed by atoms with Gasteiger partial charge in [0, 0.05) is 9.86 Å². The Kier molecular flexibility index (Phi) is 4.18. The van der Waals surface area contributed by atoms with Crippen LogP contribution in [0.4, 0.5) is 0 Å². The predicted octanol–water partition coefficient (Wildman–Crippen LogP) is 4.28. The fraction of sp³-hybridized carbons (Fsp3) is 0.333. The summed E-state index contributed by atoms with van der Waals surface area (Å²) in [5.74, 6) is 1.12. The summed E-state index contributed by atoms with van der Waals surface area (Å²) in [6.45, 7) is 2.20. The van der Waals surface area contributed by atoms with Crippen LogP contribution in [0.2, 0.25) is 0 Å². The summed E-state index contributed by atoms with van der Waals surface area (Å²) in [6, 6.07) is 6.12. The highest BCUT2D eigenvalue weighted by molar-refractivity contribution is 9.10. The van der Waals surface area contributed by atoms with Gasteiger partial charge in [0.15, 0.2) is 0 Å². The third-order valence-electron chi connectivity index (χ3n) is 2.30. The van der Waals surface area contributed by atoms with Crippen LogP contribution in [0.1, 0.15) is 19.8 Å². The van der Waals surface area contributed by atoms with Gasteiger partial charge in [-0.2, -0.15) is 0 Å². The molecule has 0 bridgehead atoms. The fourth-order valence-corrected chi connectivity index (χ4v) is 2.86. The molecule has 0 spiro atoms. The molecule has 4 heteroatoms. The van der Waals surface area contributed by atoms with Crippen LogP contribution in [0.25, 0.3) is 10.9 Å². The van der Waals surface area contributed by atoms with Gasteiger partial charge in [0.05, 0.1) is 5.52 Å². The Labute approximate surface area is 108 Å². The lowest BCUT2D eigenvalue weighted by Gasteiger charge is -2.04. The Morgan fingerprint density at radius 3 is 3.00 bits per heavy atom. The minimum atomic E-state index is 1.01. The van der Waals surface area contributed by atoms with Crippen molar-refractivity contribution in [1.29, 1.82) is 0 Å². The summed E-state index contributed by atoms with van der Waals surface area (Å²) in [5.41, 5.74) is 1.01. The lowest BCUT2D eigenvalue weighted by molar-refractivity contribution is 0.895. The van der Waals surface area contributed by atoms with Crippen molar-refractivity contribution in [2.75, 3.05) is 5.75 Å². The molecule has 2 nitrogen and oxygen atoms in total. The second kappa shape index (κ2) is 5.64. The van der Waals surface area contributed by atoms with Gasteiger partial charge in [0.1, 0.15) is 11.4 Å². The van der Waals surface area contributed by atoms with Gasteiger partial charge in [-0.1, -0.05) is 29.3 Å². The van der Waals surface area contributed by atoms with E-state index in [0.717, 1.165) is 26.2 Å². The van der Waals surface area contributed by atoms with Crippen molar-refractivity contribution in [3.05, 3.63) is 29.0 Å². The summed E-state index contributed by atoms with van der Waals surface area (Å²) in [6.07, 6.45) is 4.09. The first-order valence-corrected chi connectivity index (χ1v) is 7.12. The van der Waals surface area contributed by atoms with E-state index in [0.29, 0.717) is 0 Å². The number of halogens is 1. The summed E-state index contributed by atoms with van der Waals surface area (Å²) in [4.78, 5) is 8.62. The van der Waals surface area contributed by atoms with Crippen molar-refractivity contribution < 1.29 is 0 Å². The van der Waals surface area contributed by atoms with Crippen LogP contribution in [0, 0.1) is 0 Å². The normalized spacial score (nSPS) is 10.9. The number of rotatable bonds is 4. The number of benzene rings is 1. The molecule has 0 amide bonds. The van der Waals surface area contributed by atoms with Crippen molar-refractivity contribution in [3.8, 4) is 0 Å². The van der Waals surface area contributed by atoms with Gasteiger partial charge in [0.2, 0.25) is 0 Å². The van der Waals surface area contributed by atoms with Crippen LogP contribution in [0.5, 0.6) is 0 Å². The van der Waals surface area contributed by atoms with Gasteiger partial charge >= 0.3 is 0 Å². The van der Waals surface area contributed by atoms with E-state index in [1.54, 1.807) is 6.33 Å². The first kappa shape index (κ1) is 11.9. The lowest BCUT2D eigenvalue weighted by Crippen LogP contribution is -1.88. The molecule has 1 aromatic carbocycles. The quantitative estimate of drug-likeness (QED) is 0.478. The number of nitrogens with zero attached hydrogens (tertiary/aromatic N) is 2. The number of aromatic nitrogens is 2. The van der Waals surface area contributed by atoms with Crippen LogP contribution in [0.15, 0.2) is 34.0 Å². The molecule has 1 heterocycles. The highest BCUT2D eigenvalue weighted by atomic mass is 79.9. The highest BCUT2D eigenvalue weighted by Crippen LogP contribution is 2.27. The molecule has 0 atom stereocenters. The maximum Gasteiger partial charge on any atom is 0.117 e. The third-order valence-corrected chi connectivity index (χ3v) is 3.88. The van der Waals surface area contributed by atoms with E-state index in [1.165, 1.54) is 12.8 Å². The Balaban J connectivity index is 2.32. The second-order valence-electron chi connectivity index (χ2n) is 3.54. The molecule has 0 saturated heterocycles. The molecule has 0 N–H and O–H groups in total. The first-order valence-electron chi connectivity index (χ1n) is 5.34. The van der Waals surface area contributed by atoms with Crippen molar-refractivity contribution >= 4 is 38.6 Å². The van der Waals surface area contributed by atoms with E-state index in [-0.39, 0.29) is 0 Å². The smallest absolute Gasteiger partial charge is 0.117 e. The molecule has 16 heavy (non-hydrogen) atoms. The minimum absolute atomic E-state index is 1.01. The fourth-order valence-electron chi connectivity index (χ4n) is 1.43. The number of unbranched alkanes of at least 4 members (excludes halogenated alkanes) is 1. The molecule has 0 aliphatic heterocycles. The van der Waals surface area contributed by atoms with Gasteiger partial charge in [0.25, 0.3) is 0 Å². The zero-order valence-electron chi connectivity index (χ0n) is 9.11. The molecule has 0 radical (unpaired) electrons. The van der Waals surface area contributed by atoms with E-state index in [2.05, 4.69) is 38.9 Å². The van der Waals surface area contributed by atoms with Crippen LogP contribution in [-0.2, 0) is 0 Å². The van der Waals surface area contributed by atoms with E-state index in [1.807, 2.05) is 23.9 Å². The molecule has 0 fully saturated rings. The molecular formula is C12H13BrN2S. The first-order chi connectivity index (χ1) is 7.81. The van der Waals surface area contributed by atoms with E-state index in [4.69, 9.17) is 0 Å². The number of hydrogen-bond donors (Lipinski definition) is 0. The topological polar surface area (TPSA) is 25.8 Å². The Bertz CT molecular complexity index is 487. The minimum Gasteiger partial charge on any atom is -0.236 e. The highest BCUT2D eigenvalue weighted by Gasteiger charge is 2.04. The van der Waals surface area contributed by atoms with Gasteiger partial charge in [-0.3, -0.25) is 0 Å². The SMILES string of the molecule is CCCCSc1ncnc2ccc(Br)cc12. The standard InChI is InChI=1S/C12H13BrN2S/c1-2-3-6-16-12-10-7-9(13)4-5-11(10)14-8-15-12/h4-5,7-8H,2-3,6H2,1H3. The van der Waals surface area contributed by atoms with Gasteiger partial charge in [-0.15, -0.1) is 11.8 Å². The Morgan fingerprint density at radius 2 is 2.19 bits per heavy atom. The molecule has 0 saturated carbocycles. The van der Waals surface area contributed by atoms with Crippen LogP contribution < -0.4 is 0 Å². The maximum atomic E-state index is 4.35. The van der Waals surface area contributed by atoms with Gasteiger partial charge in [-0.25, -0.2) is 9.97 Å². The summed E-state index contributed by atoms with van der Waals surface area (Å²) >= 11 is 5.29. The Morgan fingerprint density at radius 1 is 1.31 bits per heavy atom. The lowest BCUT2D eigenvalue weighted by atomic mass is 10.2. The monoisotopic (exact) mass is 296 g/mol. The van der Waals surface area contributed by atoms with Crippen molar-refractivity contribution in [2.24, 2.45) is 0 Å². The summed E-state index contributed by atoms with van der Waals surface area (Å²) < 4.78 is 1.08. The van der Waals surface area contributed by atoms with Crippen LogP contribution in [0.3, 0.4) is 0 Å².